The number of rotatable bonds is 6. The molecule has 0 aliphatic rings. The van der Waals surface area contributed by atoms with E-state index in [1.54, 1.807) is 7.11 Å². The normalized spacial score (nSPS) is 11.6. The highest BCUT2D eigenvalue weighted by atomic mass is 16.5. The fourth-order valence-corrected chi connectivity index (χ4v) is 2.30. The average molecular weight is 314 g/mol. The zero-order valence-electron chi connectivity index (χ0n) is 13.4. The maximum absolute atomic E-state index is 11.9. The second kappa shape index (κ2) is 8.19. The van der Waals surface area contributed by atoms with E-state index in [0.29, 0.717) is 12.1 Å². The molecule has 0 saturated carbocycles. The third kappa shape index (κ3) is 4.72. The van der Waals surface area contributed by atoms with Crippen LogP contribution in [0.15, 0.2) is 48.5 Å². The molecule has 0 unspecified atom stereocenters. The second-order valence-corrected chi connectivity index (χ2v) is 5.29. The largest absolute Gasteiger partial charge is 0.496 e. The minimum atomic E-state index is -0.289. The van der Waals surface area contributed by atoms with Gasteiger partial charge in [-0.15, -0.1) is 0 Å². The Hall–Kier alpha value is -2.53. The van der Waals surface area contributed by atoms with Gasteiger partial charge in [-0.25, -0.2) is 4.79 Å². The van der Waals surface area contributed by atoms with E-state index in [2.05, 4.69) is 10.6 Å². The average Bonchev–Trinajstić information content (AvgIpc) is 2.55. The number of carbonyl (C=O) groups is 1. The molecule has 2 amide bonds. The van der Waals surface area contributed by atoms with E-state index in [0.717, 1.165) is 16.9 Å². The van der Waals surface area contributed by atoms with Crippen LogP contribution in [0.25, 0.3) is 11.1 Å². The molecule has 5 nitrogen and oxygen atoms in total. The van der Waals surface area contributed by atoms with Crippen molar-refractivity contribution in [1.82, 2.24) is 5.32 Å². The monoisotopic (exact) mass is 314 g/mol. The van der Waals surface area contributed by atoms with Gasteiger partial charge in [0, 0.05) is 23.9 Å². The number of amides is 2. The van der Waals surface area contributed by atoms with E-state index < -0.39 is 0 Å². The van der Waals surface area contributed by atoms with Gasteiger partial charge in [0.15, 0.2) is 0 Å². The van der Waals surface area contributed by atoms with Gasteiger partial charge < -0.3 is 20.5 Å². The topological polar surface area (TPSA) is 70.6 Å². The number of aliphatic hydroxyl groups is 1. The second-order valence-electron chi connectivity index (χ2n) is 5.29. The van der Waals surface area contributed by atoms with Crippen LogP contribution >= 0.6 is 0 Å². The molecule has 2 aromatic rings. The van der Waals surface area contributed by atoms with Crippen LogP contribution in [0.2, 0.25) is 0 Å². The quantitative estimate of drug-likeness (QED) is 0.766. The van der Waals surface area contributed by atoms with Crippen LogP contribution < -0.4 is 15.4 Å². The van der Waals surface area contributed by atoms with E-state index in [-0.39, 0.29) is 18.7 Å². The molecule has 2 rings (SSSR count). The van der Waals surface area contributed by atoms with Gasteiger partial charge in [-0.05, 0) is 37.1 Å². The van der Waals surface area contributed by atoms with Crippen molar-refractivity contribution in [3.05, 3.63) is 48.5 Å². The first-order valence-corrected chi connectivity index (χ1v) is 7.56. The van der Waals surface area contributed by atoms with Crippen LogP contribution in [-0.4, -0.2) is 30.9 Å². The Bertz CT molecular complexity index is 658. The highest BCUT2D eigenvalue weighted by Gasteiger charge is 2.09. The summed E-state index contributed by atoms with van der Waals surface area (Å²) in [4.78, 5) is 11.9. The third-order valence-corrected chi connectivity index (χ3v) is 3.48. The SMILES string of the molecule is COc1ccccc1-c1cccc(NC(=O)N[C@H](C)CCO)c1. The Kier molecular flexibility index (Phi) is 6.00. The molecule has 2 aromatic carbocycles. The maximum Gasteiger partial charge on any atom is 0.319 e. The van der Waals surface area contributed by atoms with E-state index in [4.69, 9.17) is 9.84 Å². The summed E-state index contributed by atoms with van der Waals surface area (Å²) in [5.74, 6) is 0.783. The molecule has 1 atom stereocenters. The van der Waals surface area contributed by atoms with Crippen molar-refractivity contribution in [3.63, 3.8) is 0 Å². The van der Waals surface area contributed by atoms with Gasteiger partial charge in [0.1, 0.15) is 5.75 Å². The molecule has 0 heterocycles. The molecule has 3 N–H and O–H groups in total. The Balaban J connectivity index is 2.12. The van der Waals surface area contributed by atoms with Gasteiger partial charge in [0.05, 0.1) is 7.11 Å². The number of methoxy groups -OCH3 is 1. The summed E-state index contributed by atoms with van der Waals surface area (Å²) in [5.41, 5.74) is 2.62. The Morgan fingerprint density at radius 2 is 2.00 bits per heavy atom. The zero-order chi connectivity index (χ0) is 16.7. The van der Waals surface area contributed by atoms with Crippen LogP contribution in [0, 0.1) is 0 Å². The molecule has 0 saturated heterocycles. The first-order chi connectivity index (χ1) is 11.1. The number of carbonyl (C=O) groups excluding carboxylic acids is 1. The first kappa shape index (κ1) is 16.8. The molecule has 0 spiro atoms. The fourth-order valence-electron chi connectivity index (χ4n) is 2.30. The molecular formula is C18H22N2O3. The van der Waals surface area contributed by atoms with Crippen molar-refractivity contribution in [3.8, 4) is 16.9 Å². The summed E-state index contributed by atoms with van der Waals surface area (Å²) in [7, 11) is 1.64. The lowest BCUT2D eigenvalue weighted by Crippen LogP contribution is -2.36. The van der Waals surface area contributed by atoms with Gasteiger partial charge in [-0.2, -0.15) is 0 Å². The first-order valence-electron chi connectivity index (χ1n) is 7.56. The van der Waals surface area contributed by atoms with Crippen LogP contribution in [0.1, 0.15) is 13.3 Å². The predicted octanol–water partition coefficient (Wildman–Crippen LogP) is 3.25. The van der Waals surface area contributed by atoms with Gasteiger partial charge in [-0.1, -0.05) is 30.3 Å². The molecule has 0 bridgehead atoms. The Morgan fingerprint density at radius 1 is 1.22 bits per heavy atom. The van der Waals surface area contributed by atoms with Gasteiger partial charge in [0.25, 0.3) is 0 Å². The summed E-state index contributed by atoms with van der Waals surface area (Å²) in [6.45, 7) is 1.89. The molecule has 0 fully saturated rings. The number of urea groups is 1. The van der Waals surface area contributed by atoms with Crippen molar-refractivity contribution in [2.24, 2.45) is 0 Å². The minimum Gasteiger partial charge on any atom is -0.496 e. The zero-order valence-corrected chi connectivity index (χ0v) is 13.4. The van der Waals surface area contributed by atoms with Crippen molar-refractivity contribution in [2.45, 2.75) is 19.4 Å². The van der Waals surface area contributed by atoms with Crippen LogP contribution in [0.3, 0.4) is 0 Å². The van der Waals surface area contributed by atoms with Gasteiger partial charge in [0.2, 0.25) is 0 Å². The van der Waals surface area contributed by atoms with E-state index in [1.165, 1.54) is 0 Å². The van der Waals surface area contributed by atoms with Crippen molar-refractivity contribution < 1.29 is 14.6 Å². The van der Waals surface area contributed by atoms with Crippen LogP contribution in [-0.2, 0) is 0 Å². The maximum atomic E-state index is 11.9. The smallest absolute Gasteiger partial charge is 0.319 e. The van der Waals surface area contributed by atoms with Crippen molar-refractivity contribution >= 4 is 11.7 Å². The summed E-state index contributed by atoms with van der Waals surface area (Å²) < 4.78 is 5.38. The number of nitrogens with one attached hydrogen (secondary N) is 2. The Morgan fingerprint density at radius 3 is 2.74 bits per heavy atom. The van der Waals surface area contributed by atoms with Crippen LogP contribution in [0.4, 0.5) is 10.5 Å². The number of para-hydroxylation sites is 1. The summed E-state index contributed by atoms with van der Waals surface area (Å²) in [6, 6.07) is 14.9. The molecule has 0 aromatic heterocycles. The van der Waals surface area contributed by atoms with E-state index >= 15 is 0 Å². The fraction of sp³-hybridized carbons (Fsp3) is 0.278. The molecule has 122 valence electrons. The molecular weight excluding hydrogens is 292 g/mol. The highest BCUT2D eigenvalue weighted by Crippen LogP contribution is 2.30. The minimum absolute atomic E-state index is 0.0464. The predicted molar refractivity (Wildman–Crippen MR) is 91.7 cm³/mol. The molecule has 0 aliphatic carbocycles. The Labute approximate surface area is 136 Å². The summed E-state index contributed by atoms with van der Waals surface area (Å²) in [6.07, 6.45) is 0.522. The number of ether oxygens (including phenoxy) is 1. The number of hydrogen-bond acceptors (Lipinski definition) is 3. The van der Waals surface area contributed by atoms with E-state index in [1.807, 2.05) is 55.5 Å². The number of anilines is 1. The number of aliphatic hydroxyl groups excluding tert-OH is 1. The lowest BCUT2D eigenvalue weighted by molar-refractivity contribution is 0.241. The standard InChI is InChI=1S/C18H22N2O3/c1-13(10-11-21)19-18(22)20-15-7-5-6-14(12-15)16-8-3-4-9-17(16)23-2/h3-9,12-13,21H,10-11H2,1-2H3,(H2,19,20,22)/t13-/m1/s1. The lowest BCUT2D eigenvalue weighted by atomic mass is 10.0. The lowest BCUT2D eigenvalue weighted by Gasteiger charge is -2.14. The van der Waals surface area contributed by atoms with E-state index in [9.17, 15) is 4.79 Å². The number of hydrogen-bond donors (Lipinski definition) is 3. The molecule has 0 radical (unpaired) electrons. The van der Waals surface area contributed by atoms with Gasteiger partial charge >= 0.3 is 6.03 Å². The summed E-state index contributed by atoms with van der Waals surface area (Å²) >= 11 is 0. The molecule has 0 aliphatic heterocycles. The molecule has 5 heteroatoms. The number of benzene rings is 2. The van der Waals surface area contributed by atoms with Crippen LogP contribution in [0.5, 0.6) is 5.75 Å². The van der Waals surface area contributed by atoms with Crippen molar-refractivity contribution in [1.29, 1.82) is 0 Å². The molecule has 23 heavy (non-hydrogen) atoms. The van der Waals surface area contributed by atoms with Gasteiger partial charge in [-0.3, -0.25) is 0 Å². The van der Waals surface area contributed by atoms with Crippen molar-refractivity contribution in [2.75, 3.05) is 19.0 Å². The third-order valence-electron chi connectivity index (χ3n) is 3.48. The highest BCUT2D eigenvalue weighted by molar-refractivity contribution is 5.90. The summed E-state index contributed by atoms with van der Waals surface area (Å²) in [5, 5.41) is 14.5.